The summed E-state index contributed by atoms with van der Waals surface area (Å²) >= 11 is 3.38. The van der Waals surface area contributed by atoms with E-state index in [0.717, 1.165) is 16.6 Å². The minimum atomic E-state index is -4.73. The van der Waals surface area contributed by atoms with Crippen LogP contribution in [0.4, 0.5) is 24.5 Å². The number of benzene rings is 3. The molecular weight excluding hydrogens is 501 g/mol. The maximum atomic E-state index is 13.6. The van der Waals surface area contributed by atoms with Gasteiger partial charge in [0.15, 0.2) is 6.10 Å². The highest BCUT2D eigenvalue weighted by molar-refractivity contribution is 9.10. The maximum Gasteiger partial charge on any atom is 0.418 e. The molecule has 0 aromatic heterocycles. The van der Waals surface area contributed by atoms with Crippen molar-refractivity contribution >= 4 is 39.1 Å². The van der Waals surface area contributed by atoms with Gasteiger partial charge in [-0.3, -0.25) is 14.4 Å². The summed E-state index contributed by atoms with van der Waals surface area (Å²) in [5, 5.41) is 1.50. The smallest absolute Gasteiger partial charge is 0.273 e. The van der Waals surface area contributed by atoms with Crippen molar-refractivity contribution in [2.24, 2.45) is 5.92 Å². The monoisotopic (exact) mass is 516 g/mol. The molecule has 2 amide bonds. The largest absolute Gasteiger partial charge is 0.418 e. The molecule has 2 heterocycles. The van der Waals surface area contributed by atoms with E-state index >= 15 is 0 Å². The quantitative estimate of drug-likeness (QED) is 0.430. The number of carbonyl (C=O) groups excluding carboxylic acids is 2. The number of fused-ring (bicyclic) bond motifs is 1. The average Bonchev–Trinajstić information content (AvgIpc) is 3.30. The van der Waals surface area contributed by atoms with E-state index in [2.05, 4.69) is 15.9 Å². The van der Waals surface area contributed by atoms with Gasteiger partial charge in [0.2, 0.25) is 5.91 Å². The molecule has 9 heteroatoms. The molecule has 0 radical (unpaired) electrons. The van der Waals surface area contributed by atoms with Crippen LogP contribution in [0.1, 0.15) is 17.2 Å². The molecule has 3 aromatic rings. The number of imide groups is 1. The van der Waals surface area contributed by atoms with E-state index in [1.165, 1.54) is 17.2 Å². The molecule has 2 aliphatic rings. The number of alkyl halides is 3. The molecule has 168 valence electrons. The Morgan fingerprint density at radius 2 is 1.45 bits per heavy atom. The minimum absolute atomic E-state index is 0.487. The normalized spacial score (nSPS) is 22.7. The highest BCUT2D eigenvalue weighted by atomic mass is 79.9. The number of nitrogens with zero attached hydrogens (tertiary/aromatic N) is 2. The molecular formula is C24H16BrF3N2O3. The molecule has 0 bridgehead atoms. The standard InChI is InChI=1S/C24H16BrF3N2O3/c25-15-12-10-14(11-13-15)20-19-21(33-30(20)16-6-2-1-3-7-16)23(32)29(22(19)31)18-9-5-4-8-17(18)24(26,27)28/h1-13,19-21H/t19-,20-,21+/m0/s1. The van der Waals surface area contributed by atoms with Crippen LogP contribution in [0.5, 0.6) is 0 Å². The summed E-state index contributed by atoms with van der Waals surface area (Å²) in [5.41, 5.74) is -0.213. The van der Waals surface area contributed by atoms with E-state index < -0.39 is 47.3 Å². The number of rotatable bonds is 3. The Balaban J connectivity index is 1.60. The van der Waals surface area contributed by atoms with E-state index in [1.54, 1.807) is 48.5 Å². The zero-order valence-electron chi connectivity index (χ0n) is 16.9. The van der Waals surface area contributed by atoms with Crippen molar-refractivity contribution in [2.75, 3.05) is 9.96 Å². The van der Waals surface area contributed by atoms with E-state index in [0.29, 0.717) is 16.2 Å². The van der Waals surface area contributed by atoms with Crippen LogP contribution >= 0.6 is 15.9 Å². The summed E-state index contributed by atoms with van der Waals surface area (Å²) in [6.45, 7) is 0. The lowest BCUT2D eigenvalue weighted by atomic mass is 9.90. The minimum Gasteiger partial charge on any atom is -0.273 e. The SMILES string of the molecule is O=C1[C@@H]2[C@@H](ON(c3ccccc3)[C@H]2c2ccc(Br)cc2)C(=O)N1c1ccccc1C(F)(F)F. The molecule has 3 atom stereocenters. The summed E-state index contributed by atoms with van der Waals surface area (Å²) in [5.74, 6) is -2.56. The van der Waals surface area contributed by atoms with Crippen LogP contribution in [-0.2, 0) is 20.6 Å². The zero-order chi connectivity index (χ0) is 23.3. The molecule has 0 N–H and O–H groups in total. The Bertz CT molecular complexity index is 1220. The molecule has 2 fully saturated rings. The number of hydroxylamine groups is 1. The Hall–Kier alpha value is -3.17. The number of hydrogen-bond acceptors (Lipinski definition) is 4. The molecule has 33 heavy (non-hydrogen) atoms. The molecule has 3 aromatic carbocycles. The number of anilines is 2. The van der Waals surface area contributed by atoms with Gasteiger partial charge in [0, 0.05) is 4.47 Å². The first kappa shape index (κ1) is 21.7. The van der Waals surface area contributed by atoms with Crippen LogP contribution in [-0.4, -0.2) is 17.9 Å². The first-order chi connectivity index (χ1) is 15.8. The second-order valence-corrected chi connectivity index (χ2v) is 8.65. The molecule has 2 saturated heterocycles. The van der Waals surface area contributed by atoms with Crippen LogP contribution in [0.3, 0.4) is 0 Å². The van der Waals surface area contributed by atoms with Gasteiger partial charge in [-0.1, -0.05) is 58.4 Å². The third-order valence-corrected chi connectivity index (χ3v) is 6.32. The van der Waals surface area contributed by atoms with Crippen LogP contribution in [0, 0.1) is 5.92 Å². The third kappa shape index (κ3) is 3.61. The molecule has 0 spiro atoms. The number of carbonyl (C=O) groups is 2. The van der Waals surface area contributed by atoms with Gasteiger partial charge in [0.25, 0.3) is 5.91 Å². The lowest BCUT2D eigenvalue weighted by molar-refractivity contribution is -0.137. The van der Waals surface area contributed by atoms with Crippen LogP contribution in [0.25, 0.3) is 0 Å². The fourth-order valence-electron chi connectivity index (χ4n) is 4.36. The Labute approximate surface area is 195 Å². The van der Waals surface area contributed by atoms with Gasteiger partial charge < -0.3 is 0 Å². The summed E-state index contributed by atoms with van der Waals surface area (Å²) in [7, 11) is 0. The Morgan fingerprint density at radius 3 is 2.12 bits per heavy atom. The van der Waals surface area contributed by atoms with Gasteiger partial charge in [-0.25, -0.2) is 9.96 Å². The van der Waals surface area contributed by atoms with Crippen molar-refractivity contribution in [2.45, 2.75) is 18.3 Å². The molecule has 5 nitrogen and oxygen atoms in total. The zero-order valence-corrected chi connectivity index (χ0v) is 18.5. The highest BCUT2D eigenvalue weighted by Crippen LogP contribution is 2.49. The van der Waals surface area contributed by atoms with Crippen molar-refractivity contribution in [3.8, 4) is 0 Å². The summed E-state index contributed by atoms with van der Waals surface area (Å²) in [4.78, 5) is 33.4. The van der Waals surface area contributed by atoms with Gasteiger partial charge in [-0.2, -0.15) is 13.2 Å². The van der Waals surface area contributed by atoms with Gasteiger partial charge in [0.05, 0.1) is 23.0 Å². The van der Waals surface area contributed by atoms with Crippen molar-refractivity contribution < 1.29 is 27.6 Å². The van der Waals surface area contributed by atoms with Crippen LogP contribution in [0.15, 0.2) is 83.3 Å². The summed E-state index contributed by atoms with van der Waals surface area (Å²) in [6, 6.07) is 20.0. The van der Waals surface area contributed by atoms with Gasteiger partial charge in [-0.05, 0) is 42.0 Å². The maximum absolute atomic E-state index is 13.6. The lowest BCUT2D eigenvalue weighted by Gasteiger charge is -2.29. The Morgan fingerprint density at radius 1 is 0.818 bits per heavy atom. The van der Waals surface area contributed by atoms with Crippen molar-refractivity contribution in [3.63, 3.8) is 0 Å². The topological polar surface area (TPSA) is 49.9 Å². The van der Waals surface area contributed by atoms with Crippen LogP contribution in [0.2, 0.25) is 0 Å². The van der Waals surface area contributed by atoms with Crippen LogP contribution < -0.4 is 9.96 Å². The fraction of sp³-hybridized carbons (Fsp3) is 0.167. The van der Waals surface area contributed by atoms with Crippen molar-refractivity contribution in [1.29, 1.82) is 0 Å². The second kappa shape index (κ2) is 8.00. The molecule has 2 aliphatic heterocycles. The number of hydrogen-bond donors (Lipinski definition) is 0. The van der Waals surface area contributed by atoms with Crippen molar-refractivity contribution in [1.82, 2.24) is 0 Å². The second-order valence-electron chi connectivity index (χ2n) is 7.74. The summed E-state index contributed by atoms with van der Waals surface area (Å²) in [6.07, 6.45) is -5.97. The highest BCUT2D eigenvalue weighted by Gasteiger charge is 2.61. The number of amides is 2. The first-order valence-electron chi connectivity index (χ1n) is 10.1. The van der Waals surface area contributed by atoms with E-state index in [1.807, 2.05) is 6.07 Å². The molecule has 0 unspecified atom stereocenters. The number of para-hydroxylation sites is 2. The summed E-state index contributed by atoms with van der Waals surface area (Å²) < 4.78 is 41.7. The molecule has 0 saturated carbocycles. The third-order valence-electron chi connectivity index (χ3n) is 5.79. The predicted octanol–water partition coefficient (Wildman–Crippen LogP) is 5.52. The van der Waals surface area contributed by atoms with Crippen molar-refractivity contribution in [3.05, 3.63) is 94.5 Å². The first-order valence-corrected chi connectivity index (χ1v) is 10.9. The lowest BCUT2D eigenvalue weighted by Crippen LogP contribution is -2.38. The Kier molecular flexibility index (Phi) is 5.25. The van der Waals surface area contributed by atoms with Gasteiger partial charge in [0.1, 0.15) is 5.92 Å². The molecule has 0 aliphatic carbocycles. The van der Waals surface area contributed by atoms with Gasteiger partial charge >= 0.3 is 6.18 Å². The van der Waals surface area contributed by atoms with E-state index in [4.69, 9.17) is 4.84 Å². The predicted molar refractivity (Wildman–Crippen MR) is 118 cm³/mol. The molecule has 5 rings (SSSR count). The van der Waals surface area contributed by atoms with E-state index in [9.17, 15) is 22.8 Å². The van der Waals surface area contributed by atoms with Gasteiger partial charge in [-0.15, -0.1) is 0 Å². The number of halogens is 4. The average molecular weight is 517 g/mol. The van der Waals surface area contributed by atoms with E-state index in [-0.39, 0.29) is 0 Å². The fourth-order valence-corrected chi connectivity index (χ4v) is 4.62.